The molecule has 0 unspecified atom stereocenters. The number of hydrogen-bond donors (Lipinski definition) is 2. The Balaban J connectivity index is 1.76. The Kier molecular flexibility index (Phi) is 5.94. The first-order valence-electron chi connectivity index (χ1n) is 10.9. The van der Waals surface area contributed by atoms with E-state index < -0.39 is 46.9 Å². The first-order valence-corrected chi connectivity index (χ1v) is 11.2. The van der Waals surface area contributed by atoms with Gasteiger partial charge in [-0.25, -0.2) is 13.9 Å². The van der Waals surface area contributed by atoms with E-state index in [0.717, 1.165) is 6.20 Å². The summed E-state index contributed by atoms with van der Waals surface area (Å²) in [5, 5.41) is 5.99. The first kappa shape index (κ1) is 25.1. The maximum atomic E-state index is 15.2. The molecule has 1 aromatic carbocycles. The molecule has 1 spiro atoms. The van der Waals surface area contributed by atoms with Crippen molar-refractivity contribution >= 4 is 35.1 Å². The van der Waals surface area contributed by atoms with Gasteiger partial charge in [0.25, 0.3) is 5.91 Å². The zero-order chi connectivity index (χ0) is 25.9. The minimum absolute atomic E-state index is 0.00182. The minimum atomic E-state index is -4.61. The second kappa shape index (κ2) is 8.28. The van der Waals surface area contributed by atoms with Crippen LogP contribution < -0.4 is 11.1 Å². The number of nitrogen functional groups attached to an aromatic ring is 1. The van der Waals surface area contributed by atoms with Crippen molar-refractivity contribution in [1.82, 2.24) is 14.7 Å². The monoisotopic (exact) mass is 517 g/mol. The predicted molar refractivity (Wildman–Crippen MR) is 120 cm³/mol. The number of nitrogens with two attached hydrogens (primary N) is 1. The predicted octanol–water partition coefficient (Wildman–Crippen LogP) is 5.10. The highest BCUT2D eigenvalue weighted by molar-refractivity contribution is 6.31. The molecule has 0 aliphatic carbocycles. The molecule has 35 heavy (non-hydrogen) atoms. The lowest BCUT2D eigenvalue weighted by atomic mass is 9.71. The van der Waals surface area contributed by atoms with Crippen molar-refractivity contribution < 1.29 is 31.9 Å². The number of halogens is 5. The quantitative estimate of drug-likeness (QED) is 0.551. The molecule has 2 aliphatic rings. The zero-order valence-corrected chi connectivity index (χ0v) is 19.9. The zero-order valence-electron chi connectivity index (χ0n) is 19.2. The van der Waals surface area contributed by atoms with Crippen LogP contribution in [0, 0.1) is 11.2 Å². The highest BCUT2D eigenvalue weighted by atomic mass is 35.5. The molecule has 1 aromatic heterocycles. The molecule has 8 nitrogen and oxygen atoms in total. The van der Waals surface area contributed by atoms with Gasteiger partial charge in [0.15, 0.2) is 11.4 Å². The van der Waals surface area contributed by atoms with Crippen LogP contribution in [-0.4, -0.2) is 45.9 Å². The number of nitrogens with zero attached hydrogens (tertiary/aromatic N) is 3. The number of rotatable bonds is 3. The number of anilines is 2. The molecule has 3 N–H and O–H groups in total. The van der Waals surface area contributed by atoms with Crippen LogP contribution >= 0.6 is 11.6 Å². The van der Waals surface area contributed by atoms with Crippen LogP contribution in [0.2, 0.25) is 5.02 Å². The van der Waals surface area contributed by atoms with E-state index in [-0.39, 0.29) is 47.8 Å². The molecule has 2 atom stereocenters. The van der Waals surface area contributed by atoms with Crippen molar-refractivity contribution in [2.24, 2.45) is 5.41 Å². The van der Waals surface area contributed by atoms with Gasteiger partial charge in [-0.3, -0.25) is 10.1 Å². The van der Waals surface area contributed by atoms with Crippen molar-refractivity contribution in [3.8, 4) is 0 Å². The number of fused-ring (bicyclic) bond motifs is 2. The number of carbonyl (C=O) groups excluding carboxylic acids is 2. The molecule has 2 amide bonds. The van der Waals surface area contributed by atoms with Gasteiger partial charge in [0.1, 0.15) is 17.4 Å². The van der Waals surface area contributed by atoms with Gasteiger partial charge in [0.05, 0.1) is 29.0 Å². The highest BCUT2D eigenvalue weighted by Gasteiger charge is 2.53. The van der Waals surface area contributed by atoms with E-state index in [2.05, 4.69) is 10.4 Å². The van der Waals surface area contributed by atoms with Gasteiger partial charge < -0.3 is 15.4 Å². The number of alkyl halides is 3. The lowest BCUT2D eigenvalue weighted by Gasteiger charge is -2.50. The molecule has 190 valence electrons. The molecular formula is C22H24ClF4N5O3. The van der Waals surface area contributed by atoms with Crippen LogP contribution in [0.4, 0.5) is 33.9 Å². The van der Waals surface area contributed by atoms with E-state index in [1.165, 1.54) is 24.0 Å². The molecule has 0 radical (unpaired) electrons. The Hall–Kier alpha value is -3.02. The summed E-state index contributed by atoms with van der Waals surface area (Å²) >= 11 is 6.01. The fraction of sp³-hybridized carbons (Fsp3) is 0.500. The smallest absolute Gasteiger partial charge is 0.412 e. The number of amides is 2. The number of piperidine rings is 1. The summed E-state index contributed by atoms with van der Waals surface area (Å²) in [4.78, 5) is 27.2. The molecule has 13 heteroatoms. The van der Waals surface area contributed by atoms with E-state index >= 15 is 4.39 Å². The van der Waals surface area contributed by atoms with Crippen LogP contribution in [0.5, 0.6) is 0 Å². The van der Waals surface area contributed by atoms with Gasteiger partial charge in [-0.2, -0.15) is 18.3 Å². The molecule has 1 saturated heterocycles. The van der Waals surface area contributed by atoms with E-state index in [9.17, 15) is 22.8 Å². The largest absolute Gasteiger partial charge is 0.436 e. The lowest BCUT2D eigenvalue weighted by molar-refractivity contribution is -0.170. The third kappa shape index (κ3) is 4.28. The molecule has 4 rings (SSSR count). The number of benzene rings is 1. The number of carbonyl (C=O) groups is 2. The lowest BCUT2D eigenvalue weighted by Crippen LogP contribution is -2.58. The third-order valence-electron chi connectivity index (χ3n) is 6.32. The van der Waals surface area contributed by atoms with E-state index in [1.807, 2.05) is 0 Å². The number of aromatic nitrogens is 2. The van der Waals surface area contributed by atoms with Gasteiger partial charge in [-0.1, -0.05) is 32.4 Å². The molecular weight excluding hydrogens is 494 g/mol. The highest BCUT2D eigenvalue weighted by Crippen LogP contribution is 2.50. The molecule has 0 saturated carbocycles. The van der Waals surface area contributed by atoms with Crippen LogP contribution in [0.3, 0.4) is 0 Å². The van der Waals surface area contributed by atoms with Crippen molar-refractivity contribution in [3.63, 3.8) is 0 Å². The molecule has 2 aliphatic heterocycles. The molecule has 1 fully saturated rings. The average molecular weight is 518 g/mol. The minimum Gasteiger partial charge on any atom is -0.436 e. The number of ether oxygens (including phenoxy) is 1. The standard InChI is InChI=1S/C22H24ClF4N5O3/c1-4-14(22(25,26)27)32-17(28)11(7-29-32)18(33)31-9-20(2,3)8-21(10-31)15-13(30-19(34)35-21)6-5-12(23)16(15)24/h5-7,14H,4,8-10,28H2,1-3H3,(H,30,34)/t14-,21-/m0/s1. The van der Waals surface area contributed by atoms with Crippen molar-refractivity contribution in [3.05, 3.63) is 40.3 Å². The van der Waals surface area contributed by atoms with Crippen LogP contribution in [0.1, 0.15) is 55.6 Å². The van der Waals surface area contributed by atoms with Crippen LogP contribution in [-0.2, 0) is 10.3 Å². The van der Waals surface area contributed by atoms with Gasteiger partial charge >= 0.3 is 12.3 Å². The van der Waals surface area contributed by atoms with E-state index in [1.54, 1.807) is 13.8 Å². The fourth-order valence-electron chi connectivity index (χ4n) is 5.11. The fourth-order valence-corrected chi connectivity index (χ4v) is 5.27. The SMILES string of the molecule is CC[C@H](n1ncc(C(=O)N2CC(C)(C)C[C@@]3(C2)OC(=O)Nc2ccc(Cl)c(F)c23)c1N)C(F)(F)F. The second-order valence-corrected chi connectivity index (χ2v) is 10.1. The van der Waals surface area contributed by atoms with Crippen LogP contribution in [0.15, 0.2) is 18.3 Å². The molecule has 0 bridgehead atoms. The summed E-state index contributed by atoms with van der Waals surface area (Å²) in [5.41, 5.74) is 3.62. The van der Waals surface area contributed by atoms with E-state index in [4.69, 9.17) is 22.1 Å². The molecule has 3 heterocycles. The topological polar surface area (TPSA) is 102 Å². The Bertz CT molecular complexity index is 1200. The average Bonchev–Trinajstić information content (AvgIpc) is 3.09. The first-order chi connectivity index (χ1) is 16.2. The maximum Gasteiger partial charge on any atom is 0.412 e. The Morgan fingerprint density at radius 3 is 2.66 bits per heavy atom. The summed E-state index contributed by atoms with van der Waals surface area (Å²) in [6, 6.07) is 0.744. The summed E-state index contributed by atoms with van der Waals surface area (Å²) in [5.74, 6) is -1.94. The summed E-state index contributed by atoms with van der Waals surface area (Å²) in [7, 11) is 0. The Morgan fingerprint density at radius 2 is 2.03 bits per heavy atom. The van der Waals surface area contributed by atoms with Crippen LogP contribution in [0.25, 0.3) is 0 Å². The second-order valence-electron chi connectivity index (χ2n) is 9.65. The maximum absolute atomic E-state index is 15.2. The van der Waals surface area contributed by atoms with Gasteiger partial charge in [0.2, 0.25) is 0 Å². The number of likely N-dealkylation sites (tertiary alicyclic amines) is 1. The summed E-state index contributed by atoms with van der Waals surface area (Å²) in [6.07, 6.45) is -4.62. The van der Waals surface area contributed by atoms with Gasteiger partial charge in [0, 0.05) is 13.0 Å². The van der Waals surface area contributed by atoms with Crippen molar-refractivity contribution in [2.45, 2.75) is 51.4 Å². The van der Waals surface area contributed by atoms with Crippen molar-refractivity contribution in [1.29, 1.82) is 0 Å². The molecule has 2 aromatic rings. The van der Waals surface area contributed by atoms with Gasteiger partial charge in [-0.05, 0) is 24.0 Å². The summed E-state index contributed by atoms with van der Waals surface area (Å²) < 4.78 is 61.7. The number of hydrogen-bond acceptors (Lipinski definition) is 5. The Labute approximate surface area is 203 Å². The van der Waals surface area contributed by atoms with Crippen molar-refractivity contribution in [2.75, 3.05) is 24.1 Å². The van der Waals surface area contributed by atoms with E-state index in [0.29, 0.717) is 4.68 Å². The van der Waals surface area contributed by atoms with Gasteiger partial charge in [-0.15, -0.1) is 0 Å². The third-order valence-corrected chi connectivity index (χ3v) is 6.61. The Morgan fingerprint density at radius 1 is 1.34 bits per heavy atom. The normalized spacial score (nSPS) is 22.4. The number of nitrogens with one attached hydrogen (secondary N) is 1. The summed E-state index contributed by atoms with van der Waals surface area (Å²) in [6.45, 7) is 4.83.